The third kappa shape index (κ3) is 1.99. The molecule has 5 nitrogen and oxygen atoms in total. The fraction of sp³-hybridized carbons (Fsp3) is 0.700. The van der Waals surface area contributed by atoms with E-state index in [9.17, 15) is 14.7 Å². The predicted octanol–water partition coefficient (Wildman–Crippen LogP) is 2.90. The quantitative estimate of drug-likeness (QED) is 0.673. The van der Waals surface area contributed by atoms with Crippen LogP contribution < -0.4 is 0 Å². The van der Waals surface area contributed by atoms with Gasteiger partial charge in [0.25, 0.3) is 0 Å². The van der Waals surface area contributed by atoms with Crippen LogP contribution in [0.4, 0.5) is 0 Å². The summed E-state index contributed by atoms with van der Waals surface area (Å²) in [4.78, 5) is 25.2. The Kier molecular flexibility index (Phi) is 3.50. The molecule has 0 radical (unpaired) electrons. The van der Waals surface area contributed by atoms with Crippen LogP contribution in [0.2, 0.25) is 0 Å². The summed E-state index contributed by atoms with van der Waals surface area (Å²) >= 11 is 0. The van der Waals surface area contributed by atoms with Gasteiger partial charge < -0.3 is 14.3 Å². The third-order valence-corrected chi connectivity index (χ3v) is 7.58. The average molecular weight is 346 g/mol. The van der Waals surface area contributed by atoms with Crippen LogP contribution in [0.5, 0.6) is 0 Å². The standard InChI is InChI=1S/C20H26O5/c1-12-10-14-16-18(2,7-5-15(21)19(16,3)17(22)25-14)20(12,23)8-4-13-6-9-24-11-13/h6,9,11-12,14,16,23H,4-5,7-8,10H2,1-3H3/t12-,14+,16+,18-,19-,20+/m1/s1. The van der Waals surface area contributed by atoms with Crippen LogP contribution in [-0.2, 0) is 20.7 Å². The van der Waals surface area contributed by atoms with E-state index < -0.39 is 22.4 Å². The first kappa shape index (κ1) is 16.8. The predicted molar refractivity (Wildman–Crippen MR) is 89.6 cm³/mol. The molecule has 1 aromatic heterocycles. The molecule has 6 atom stereocenters. The molecule has 2 aliphatic carbocycles. The SMILES string of the molecule is C[C@@H]1C[C@@H]2OC(=O)[C@]3(C)C(=O)CC[C@](C)([C@H]23)[C@]1(O)CCc1ccoc1. The van der Waals surface area contributed by atoms with Gasteiger partial charge >= 0.3 is 5.97 Å². The van der Waals surface area contributed by atoms with Crippen LogP contribution >= 0.6 is 0 Å². The van der Waals surface area contributed by atoms with E-state index >= 15 is 0 Å². The van der Waals surface area contributed by atoms with Crippen molar-refractivity contribution >= 4 is 11.8 Å². The lowest BCUT2D eigenvalue weighted by Crippen LogP contribution is -2.66. The number of carbonyl (C=O) groups is 2. The maximum absolute atomic E-state index is 12.6. The van der Waals surface area contributed by atoms with Gasteiger partial charge in [0.1, 0.15) is 17.3 Å². The second kappa shape index (κ2) is 5.19. The van der Waals surface area contributed by atoms with E-state index in [1.54, 1.807) is 19.5 Å². The van der Waals surface area contributed by atoms with Gasteiger partial charge in [0, 0.05) is 17.8 Å². The first-order valence-electron chi connectivity index (χ1n) is 9.21. The zero-order valence-corrected chi connectivity index (χ0v) is 15.1. The lowest BCUT2D eigenvalue weighted by atomic mass is 9.43. The van der Waals surface area contributed by atoms with Crippen molar-refractivity contribution in [3.63, 3.8) is 0 Å². The number of hydrogen-bond acceptors (Lipinski definition) is 5. The second-order valence-corrected chi connectivity index (χ2v) is 8.66. The summed E-state index contributed by atoms with van der Waals surface area (Å²) < 4.78 is 10.8. The fourth-order valence-corrected chi connectivity index (χ4v) is 6.03. The van der Waals surface area contributed by atoms with Crippen molar-refractivity contribution in [3.05, 3.63) is 24.2 Å². The van der Waals surface area contributed by atoms with Crippen molar-refractivity contribution in [1.29, 1.82) is 0 Å². The molecule has 5 heteroatoms. The lowest BCUT2D eigenvalue weighted by molar-refractivity contribution is -0.215. The normalized spacial score (nSPS) is 46.0. The Morgan fingerprint density at radius 2 is 2.08 bits per heavy atom. The van der Waals surface area contributed by atoms with E-state index in [2.05, 4.69) is 6.92 Å². The van der Waals surface area contributed by atoms with Crippen LogP contribution in [0.3, 0.4) is 0 Å². The van der Waals surface area contributed by atoms with Crippen LogP contribution in [0.15, 0.2) is 23.0 Å². The van der Waals surface area contributed by atoms with E-state index in [1.165, 1.54) is 0 Å². The van der Waals surface area contributed by atoms with Crippen LogP contribution in [0.25, 0.3) is 0 Å². The Balaban J connectivity index is 1.74. The summed E-state index contributed by atoms with van der Waals surface area (Å²) in [5.41, 5.74) is -1.52. The number of aliphatic hydroxyl groups is 1. The highest BCUT2D eigenvalue weighted by Crippen LogP contribution is 2.66. The summed E-state index contributed by atoms with van der Waals surface area (Å²) in [6.07, 6.45) is 5.92. The van der Waals surface area contributed by atoms with Gasteiger partial charge in [-0.3, -0.25) is 9.59 Å². The molecule has 2 saturated carbocycles. The maximum atomic E-state index is 12.6. The summed E-state index contributed by atoms with van der Waals surface area (Å²) in [5, 5.41) is 11.8. The molecule has 2 heterocycles. The van der Waals surface area contributed by atoms with Crippen molar-refractivity contribution in [2.24, 2.45) is 22.7 Å². The highest BCUT2D eigenvalue weighted by atomic mass is 16.6. The van der Waals surface area contributed by atoms with Crippen molar-refractivity contribution in [1.82, 2.24) is 0 Å². The number of ketones is 1. The van der Waals surface area contributed by atoms with E-state index in [0.29, 0.717) is 32.1 Å². The Hall–Kier alpha value is -1.62. The summed E-state index contributed by atoms with van der Waals surface area (Å²) in [7, 11) is 0. The van der Waals surface area contributed by atoms with Crippen molar-refractivity contribution in [2.75, 3.05) is 0 Å². The molecule has 0 bridgehead atoms. The van der Waals surface area contributed by atoms with Crippen LogP contribution in [0.1, 0.15) is 52.0 Å². The molecular formula is C20H26O5. The van der Waals surface area contributed by atoms with Gasteiger partial charge in [-0.1, -0.05) is 13.8 Å². The summed E-state index contributed by atoms with van der Waals surface area (Å²) in [6, 6.07) is 1.92. The van der Waals surface area contributed by atoms with E-state index in [0.717, 1.165) is 5.56 Å². The van der Waals surface area contributed by atoms with Gasteiger partial charge in [0.2, 0.25) is 0 Å². The molecule has 0 aromatic carbocycles. The van der Waals surface area contributed by atoms with Crippen molar-refractivity contribution in [3.8, 4) is 0 Å². The third-order valence-electron chi connectivity index (χ3n) is 7.58. The van der Waals surface area contributed by atoms with Gasteiger partial charge in [-0.05, 0) is 50.2 Å². The molecule has 0 unspecified atom stereocenters. The molecule has 1 aliphatic heterocycles. The number of rotatable bonds is 3. The van der Waals surface area contributed by atoms with Gasteiger partial charge in [0.05, 0.1) is 18.1 Å². The number of esters is 1. The van der Waals surface area contributed by atoms with Crippen LogP contribution in [-0.4, -0.2) is 28.6 Å². The van der Waals surface area contributed by atoms with E-state index in [1.807, 2.05) is 13.0 Å². The highest BCUT2D eigenvalue weighted by Gasteiger charge is 2.73. The van der Waals surface area contributed by atoms with Crippen molar-refractivity contribution < 1.29 is 23.8 Å². The van der Waals surface area contributed by atoms with Gasteiger partial charge in [0.15, 0.2) is 0 Å². The molecule has 0 spiro atoms. The molecule has 136 valence electrons. The minimum Gasteiger partial charge on any atom is -0.472 e. The van der Waals surface area contributed by atoms with Crippen molar-refractivity contribution in [2.45, 2.75) is 64.6 Å². The Morgan fingerprint density at radius 1 is 1.32 bits per heavy atom. The zero-order valence-electron chi connectivity index (χ0n) is 15.1. The molecule has 4 rings (SSSR count). The fourth-order valence-electron chi connectivity index (χ4n) is 6.03. The number of hydrogen-bond donors (Lipinski definition) is 1. The van der Waals surface area contributed by atoms with Crippen LogP contribution in [0, 0.1) is 22.7 Å². The van der Waals surface area contributed by atoms with E-state index in [4.69, 9.17) is 9.15 Å². The number of furan rings is 1. The number of Topliss-reactive ketones (excluding diaryl/α,β-unsaturated/α-hetero) is 1. The monoisotopic (exact) mass is 346 g/mol. The first-order valence-corrected chi connectivity index (χ1v) is 9.21. The number of ether oxygens (including phenoxy) is 1. The molecule has 0 amide bonds. The maximum Gasteiger partial charge on any atom is 0.320 e. The van der Waals surface area contributed by atoms with Gasteiger partial charge in [-0.15, -0.1) is 0 Å². The number of aryl methyl sites for hydroxylation is 1. The zero-order chi connectivity index (χ0) is 18.0. The van der Waals surface area contributed by atoms with E-state index in [-0.39, 0.29) is 23.7 Å². The average Bonchev–Trinajstić information content (AvgIpc) is 3.16. The molecule has 1 saturated heterocycles. The van der Waals surface area contributed by atoms with Gasteiger partial charge in [-0.2, -0.15) is 0 Å². The summed E-state index contributed by atoms with van der Waals surface area (Å²) in [6.45, 7) is 5.82. The molecule has 1 N–H and O–H groups in total. The Bertz CT molecular complexity index is 710. The summed E-state index contributed by atoms with van der Waals surface area (Å²) in [5.74, 6) is -0.688. The highest BCUT2D eigenvalue weighted by molar-refractivity contribution is 6.06. The molecular weight excluding hydrogens is 320 g/mol. The van der Waals surface area contributed by atoms with Gasteiger partial charge in [-0.25, -0.2) is 0 Å². The molecule has 3 aliphatic rings. The molecule has 3 fully saturated rings. The molecule has 25 heavy (non-hydrogen) atoms. The second-order valence-electron chi connectivity index (χ2n) is 8.66. The Morgan fingerprint density at radius 3 is 2.76 bits per heavy atom. The molecule has 1 aromatic rings. The lowest BCUT2D eigenvalue weighted by Gasteiger charge is -2.60. The first-order chi connectivity index (χ1) is 11.7. The number of carbonyl (C=O) groups excluding carboxylic acids is 2. The largest absolute Gasteiger partial charge is 0.472 e. The topological polar surface area (TPSA) is 76.7 Å². The minimum atomic E-state index is -1.11. The smallest absolute Gasteiger partial charge is 0.320 e. The minimum absolute atomic E-state index is 0.00555. The Labute approximate surface area is 147 Å².